The third-order valence-electron chi connectivity index (χ3n) is 5.24. The monoisotopic (exact) mass is 496 g/mol. The van der Waals surface area contributed by atoms with Crippen molar-refractivity contribution in [3.8, 4) is 5.75 Å². The Labute approximate surface area is 207 Å². The fourth-order valence-corrected chi connectivity index (χ4v) is 3.80. The maximum atomic E-state index is 13.4. The molecule has 182 valence electrons. The molecule has 0 fully saturated rings. The van der Waals surface area contributed by atoms with E-state index in [1.165, 1.54) is 19.2 Å². The summed E-state index contributed by atoms with van der Waals surface area (Å²) < 4.78 is 5.26. The SMILES string of the molecule is COc1ccc(Cl)cc1NC(=O)CN(C)C(C(=O)Nc1ccc(C)cc1[N+](=O)[O-])c1ccccc1. The number of amides is 2. The first-order valence-electron chi connectivity index (χ1n) is 10.6. The van der Waals surface area contributed by atoms with Crippen LogP contribution in [-0.2, 0) is 9.59 Å². The number of carbonyl (C=O) groups is 2. The van der Waals surface area contributed by atoms with Crippen LogP contribution >= 0.6 is 11.6 Å². The molecule has 0 heterocycles. The van der Waals surface area contributed by atoms with Crippen LogP contribution in [-0.4, -0.2) is 42.3 Å². The van der Waals surface area contributed by atoms with Gasteiger partial charge in [0.1, 0.15) is 17.5 Å². The minimum absolute atomic E-state index is 0.0769. The Morgan fingerprint density at radius 1 is 1.06 bits per heavy atom. The highest BCUT2D eigenvalue weighted by molar-refractivity contribution is 6.31. The molecule has 0 saturated heterocycles. The number of methoxy groups -OCH3 is 1. The molecule has 10 heteroatoms. The van der Waals surface area contributed by atoms with Gasteiger partial charge in [0.25, 0.3) is 5.69 Å². The van der Waals surface area contributed by atoms with Gasteiger partial charge in [0.2, 0.25) is 11.8 Å². The first kappa shape index (κ1) is 25.7. The van der Waals surface area contributed by atoms with Crippen LogP contribution in [0.5, 0.6) is 5.75 Å². The van der Waals surface area contributed by atoms with Crippen molar-refractivity contribution in [1.82, 2.24) is 4.90 Å². The number of halogens is 1. The molecule has 1 unspecified atom stereocenters. The largest absolute Gasteiger partial charge is 0.495 e. The lowest BCUT2D eigenvalue weighted by Gasteiger charge is -2.27. The average molecular weight is 497 g/mol. The highest BCUT2D eigenvalue weighted by atomic mass is 35.5. The second-order valence-corrected chi connectivity index (χ2v) is 8.32. The van der Waals surface area contributed by atoms with Gasteiger partial charge < -0.3 is 15.4 Å². The molecular weight excluding hydrogens is 472 g/mol. The van der Waals surface area contributed by atoms with E-state index in [9.17, 15) is 19.7 Å². The van der Waals surface area contributed by atoms with Crippen LogP contribution in [0.1, 0.15) is 17.2 Å². The molecule has 2 amide bonds. The zero-order chi connectivity index (χ0) is 25.5. The Bertz CT molecular complexity index is 1240. The van der Waals surface area contributed by atoms with E-state index in [1.54, 1.807) is 73.5 Å². The van der Waals surface area contributed by atoms with Gasteiger partial charge in [0, 0.05) is 11.1 Å². The first-order valence-corrected chi connectivity index (χ1v) is 11.0. The molecule has 0 radical (unpaired) electrons. The standard InChI is InChI=1S/C25H25ClN4O5/c1-16-9-11-19(21(13-16)30(33)34)28-25(32)24(17-7-5-4-6-8-17)29(2)15-23(31)27-20-14-18(26)10-12-22(20)35-3/h4-14,24H,15H2,1-3H3,(H,27,31)(H,28,32). The maximum Gasteiger partial charge on any atom is 0.293 e. The number of hydrogen-bond donors (Lipinski definition) is 2. The van der Waals surface area contributed by atoms with E-state index in [0.717, 1.165) is 0 Å². The number of hydrogen-bond acceptors (Lipinski definition) is 6. The molecule has 3 aromatic carbocycles. The molecular formula is C25H25ClN4O5. The van der Waals surface area contributed by atoms with Gasteiger partial charge in [-0.3, -0.25) is 24.6 Å². The van der Waals surface area contributed by atoms with E-state index in [2.05, 4.69) is 10.6 Å². The Morgan fingerprint density at radius 3 is 2.43 bits per heavy atom. The fraction of sp³-hybridized carbons (Fsp3) is 0.200. The van der Waals surface area contributed by atoms with Gasteiger partial charge in [0.05, 0.1) is 24.3 Å². The molecule has 35 heavy (non-hydrogen) atoms. The molecule has 1 atom stereocenters. The Hall–Kier alpha value is -3.95. The Kier molecular flexibility index (Phi) is 8.40. The summed E-state index contributed by atoms with van der Waals surface area (Å²) in [4.78, 5) is 38.7. The molecule has 0 spiro atoms. The number of likely N-dealkylation sites (N-methyl/N-ethyl adjacent to an activating group) is 1. The lowest BCUT2D eigenvalue weighted by atomic mass is 10.0. The highest BCUT2D eigenvalue weighted by Gasteiger charge is 2.28. The minimum Gasteiger partial charge on any atom is -0.495 e. The van der Waals surface area contributed by atoms with Gasteiger partial charge in [-0.15, -0.1) is 0 Å². The van der Waals surface area contributed by atoms with E-state index >= 15 is 0 Å². The van der Waals surface area contributed by atoms with Crippen molar-refractivity contribution in [3.05, 3.63) is 93.0 Å². The van der Waals surface area contributed by atoms with Gasteiger partial charge in [0.15, 0.2) is 0 Å². The van der Waals surface area contributed by atoms with Crippen LogP contribution in [0.25, 0.3) is 0 Å². The smallest absolute Gasteiger partial charge is 0.293 e. The quantitative estimate of drug-likeness (QED) is 0.324. The topological polar surface area (TPSA) is 114 Å². The lowest BCUT2D eigenvalue weighted by molar-refractivity contribution is -0.384. The lowest BCUT2D eigenvalue weighted by Crippen LogP contribution is -2.39. The van der Waals surface area contributed by atoms with E-state index < -0.39 is 22.8 Å². The number of aryl methyl sites for hydroxylation is 1. The first-order chi connectivity index (χ1) is 16.7. The van der Waals surface area contributed by atoms with Gasteiger partial charge in [-0.2, -0.15) is 0 Å². The van der Waals surface area contributed by atoms with Gasteiger partial charge in [-0.1, -0.05) is 48.0 Å². The molecule has 0 bridgehead atoms. The maximum absolute atomic E-state index is 13.4. The average Bonchev–Trinajstić information content (AvgIpc) is 2.81. The summed E-state index contributed by atoms with van der Waals surface area (Å²) in [5.74, 6) is -0.476. The molecule has 0 aliphatic carbocycles. The van der Waals surface area contributed by atoms with Crippen molar-refractivity contribution in [3.63, 3.8) is 0 Å². The molecule has 0 aromatic heterocycles. The van der Waals surface area contributed by atoms with Crippen LogP contribution in [0.15, 0.2) is 66.7 Å². The Morgan fingerprint density at radius 2 is 1.77 bits per heavy atom. The summed E-state index contributed by atoms with van der Waals surface area (Å²) in [5.41, 5.74) is 1.58. The third kappa shape index (κ3) is 6.56. The molecule has 3 aromatic rings. The zero-order valence-electron chi connectivity index (χ0n) is 19.4. The van der Waals surface area contributed by atoms with Crippen molar-refractivity contribution >= 4 is 40.5 Å². The fourth-order valence-electron chi connectivity index (χ4n) is 3.63. The highest BCUT2D eigenvalue weighted by Crippen LogP contribution is 2.29. The number of benzene rings is 3. The summed E-state index contributed by atoms with van der Waals surface area (Å²) in [6.07, 6.45) is 0. The van der Waals surface area contributed by atoms with Crippen molar-refractivity contribution < 1.29 is 19.2 Å². The van der Waals surface area contributed by atoms with Crippen molar-refractivity contribution in [2.75, 3.05) is 31.3 Å². The number of nitro groups is 1. The van der Waals surface area contributed by atoms with Gasteiger partial charge in [-0.05, 0) is 49.4 Å². The predicted molar refractivity (Wildman–Crippen MR) is 135 cm³/mol. The van der Waals surface area contributed by atoms with Crippen molar-refractivity contribution in [2.24, 2.45) is 0 Å². The minimum atomic E-state index is -0.899. The van der Waals surface area contributed by atoms with Gasteiger partial charge in [-0.25, -0.2) is 0 Å². The number of nitrogens with one attached hydrogen (secondary N) is 2. The third-order valence-corrected chi connectivity index (χ3v) is 5.48. The summed E-state index contributed by atoms with van der Waals surface area (Å²) in [6, 6.07) is 17.4. The van der Waals surface area contributed by atoms with E-state index in [0.29, 0.717) is 27.6 Å². The zero-order valence-corrected chi connectivity index (χ0v) is 20.2. The summed E-state index contributed by atoms with van der Waals surface area (Å²) in [5, 5.41) is 17.3. The number of carbonyl (C=O) groups excluding carboxylic acids is 2. The number of anilines is 2. The second kappa shape index (κ2) is 11.5. The van der Waals surface area contributed by atoms with Crippen LogP contribution in [0.4, 0.5) is 17.1 Å². The summed E-state index contributed by atoms with van der Waals surface area (Å²) in [7, 11) is 3.10. The number of rotatable bonds is 9. The number of ether oxygens (including phenoxy) is 1. The summed E-state index contributed by atoms with van der Waals surface area (Å²) >= 11 is 6.04. The molecule has 0 aliphatic heterocycles. The van der Waals surface area contributed by atoms with Crippen molar-refractivity contribution in [1.29, 1.82) is 0 Å². The van der Waals surface area contributed by atoms with Crippen LogP contribution in [0, 0.1) is 17.0 Å². The second-order valence-electron chi connectivity index (χ2n) is 7.89. The molecule has 0 saturated carbocycles. The molecule has 9 nitrogen and oxygen atoms in total. The Balaban J connectivity index is 1.84. The molecule has 0 aliphatic rings. The predicted octanol–water partition coefficient (Wildman–Crippen LogP) is 4.82. The van der Waals surface area contributed by atoms with E-state index in [1.807, 2.05) is 0 Å². The van der Waals surface area contributed by atoms with Gasteiger partial charge >= 0.3 is 0 Å². The van der Waals surface area contributed by atoms with E-state index in [4.69, 9.17) is 16.3 Å². The van der Waals surface area contributed by atoms with Crippen molar-refractivity contribution in [2.45, 2.75) is 13.0 Å². The molecule has 2 N–H and O–H groups in total. The summed E-state index contributed by atoms with van der Waals surface area (Å²) in [6.45, 7) is 1.57. The van der Waals surface area contributed by atoms with Crippen LogP contribution < -0.4 is 15.4 Å². The van der Waals surface area contributed by atoms with E-state index in [-0.39, 0.29) is 17.9 Å². The number of nitro benzene ring substituents is 1. The molecule has 3 rings (SSSR count). The van der Waals surface area contributed by atoms with Crippen LogP contribution in [0.2, 0.25) is 5.02 Å². The normalized spacial score (nSPS) is 11.6. The van der Waals surface area contributed by atoms with Crippen LogP contribution in [0.3, 0.4) is 0 Å². The number of nitrogens with zero attached hydrogens (tertiary/aromatic N) is 2.